The van der Waals surface area contributed by atoms with Crippen LogP contribution in [0.15, 0.2) is 58.8 Å². The smallest absolute Gasteiger partial charge is 0.356 e. The number of benzene rings is 2. The van der Waals surface area contributed by atoms with Crippen LogP contribution in [0.5, 0.6) is 11.5 Å². The van der Waals surface area contributed by atoms with Crippen LogP contribution < -0.4 is 0 Å². The molecule has 0 radical (unpaired) electrons. The number of phenolic OH excluding ortho intramolecular Hbond substituents is 2. The molecular formula is C22H24N2O10. The molecule has 0 heterocycles. The van der Waals surface area contributed by atoms with Crippen LogP contribution in [0.25, 0.3) is 0 Å². The van der Waals surface area contributed by atoms with Gasteiger partial charge in [0.25, 0.3) is 0 Å². The van der Waals surface area contributed by atoms with Gasteiger partial charge in [0.1, 0.15) is 36.9 Å². The molecule has 12 heteroatoms. The van der Waals surface area contributed by atoms with Gasteiger partial charge in [0.05, 0.1) is 0 Å². The molecule has 0 aliphatic carbocycles. The standard InChI is InChI=1S/C22H24N2O10/c25-15-5-1-13(2-6-15)9-17(23-31)21(29)33-11-19(27)20(28)12-34-22(30)18(24-32)10-14-3-7-16(26)8-4-14/h1-8,19-20,25-28,31-32H,9-12H2/b23-17+,24-18+/t19-,20+. The van der Waals surface area contributed by atoms with Gasteiger partial charge in [-0.3, -0.25) is 0 Å². The van der Waals surface area contributed by atoms with Crippen molar-refractivity contribution in [2.24, 2.45) is 10.3 Å². The van der Waals surface area contributed by atoms with Crippen LogP contribution in [0.2, 0.25) is 0 Å². The Morgan fingerprint density at radius 2 is 1.00 bits per heavy atom. The summed E-state index contributed by atoms with van der Waals surface area (Å²) in [6.45, 7) is -1.39. The Hall–Kier alpha value is -4.16. The predicted molar refractivity (Wildman–Crippen MR) is 116 cm³/mol. The van der Waals surface area contributed by atoms with Crippen LogP contribution in [-0.4, -0.2) is 79.6 Å². The maximum Gasteiger partial charge on any atom is 0.356 e. The Kier molecular flexibility index (Phi) is 9.80. The van der Waals surface area contributed by atoms with E-state index in [9.17, 15) is 30.0 Å². The minimum Gasteiger partial charge on any atom is -0.508 e. The van der Waals surface area contributed by atoms with Crippen molar-refractivity contribution < 1.29 is 49.9 Å². The number of hydrogen-bond acceptors (Lipinski definition) is 12. The number of hydrogen-bond donors (Lipinski definition) is 6. The first-order valence-corrected chi connectivity index (χ1v) is 9.91. The summed E-state index contributed by atoms with van der Waals surface area (Å²) in [5.74, 6) is -2.07. The Bertz CT molecular complexity index is 935. The van der Waals surface area contributed by atoms with Gasteiger partial charge in [0.15, 0.2) is 11.4 Å². The van der Waals surface area contributed by atoms with Gasteiger partial charge in [-0.15, -0.1) is 0 Å². The average molecular weight is 476 g/mol. The van der Waals surface area contributed by atoms with Crippen LogP contribution in [0.4, 0.5) is 0 Å². The van der Waals surface area contributed by atoms with Crippen LogP contribution in [0.3, 0.4) is 0 Å². The lowest BCUT2D eigenvalue weighted by atomic mass is 10.1. The highest BCUT2D eigenvalue weighted by Gasteiger charge is 2.24. The quantitative estimate of drug-likeness (QED) is 0.114. The largest absolute Gasteiger partial charge is 0.508 e. The number of aliphatic hydroxyl groups excluding tert-OH is 2. The minimum atomic E-state index is -1.64. The number of ether oxygens (including phenoxy) is 2. The third kappa shape index (κ3) is 8.07. The zero-order chi connectivity index (χ0) is 25.1. The molecule has 0 saturated carbocycles. The van der Waals surface area contributed by atoms with Crippen LogP contribution in [0, 0.1) is 0 Å². The first-order valence-electron chi connectivity index (χ1n) is 9.91. The predicted octanol–water partition coefficient (Wildman–Crippen LogP) is 0.352. The van der Waals surface area contributed by atoms with Crippen molar-refractivity contribution in [1.82, 2.24) is 0 Å². The Labute approximate surface area is 193 Å². The van der Waals surface area contributed by atoms with Crippen molar-refractivity contribution in [2.75, 3.05) is 13.2 Å². The van der Waals surface area contributed by atoms with Gasteiger partial charge >= 0.3 is 11.9 Å². The van der Waals surface area contributed by atoms with Crippen molar-refractivity contribution in [2.45, 2.75) is 25.0 Å². The Morgan fingerprint density at radius 1 is 0.676 bits per heavy atom. The van der Waals surface area contributed by atoms with Gasteiger partial charge in [-0.1, -0.05) is 34.6 Å². The Morgan fingerprint density at radius 3 is 1.29 bits per heavy atom. The fourth-order valence-electron chi connectivity index (χ4n) is 2.62. The maximum atomic E-state index is 12.1. The van der Waals surface area contributed by atoms with Crippen LogP contribution in [-0.2, 0) is 31.9 Å². The van der Waals surface area contributed by atoms with Gasteiger partial charge in [0, 0.05) is 12.8 Å². The number of esters is 2. The zero-order valence-corrected chi connectivity index (χ0v) is 17.8. The molecule has 2 aromatic carbocycles. The van der Waals surface area contributed by atoms with E-state index in [0.717, 1.165) is 0 Å². The topological polar surface area (TPSA) is 199 Å². The number of carbonyl (C=O) groups excluding carboxylic acids is 2. The molecule has 0 aliphatic heterocycles. The van der Waals surface area contributed by atoms with Crippen molar-refractivity contribution in [1.29, 1.82) is 0 Å². The summed E-state index contributed by atoms with van der Waals surface area (Å²) in [5, 5.41) is 62.3. The van der Waals surface area contributed by atoms with Crippen molar-refractivity contribution in [3.63, 3.8) is 0 Å². The Balaban J connectivity index is 1.80. The summed E-state index contributed by atoms with van der Waals surface area (Å²) >= 11 is 0. The van der Waals surface area contributed by atoms with Gasteiger partial charge in [-0.05, 0) is 35.4 Å². The van der Waals surface area contributed by atoms with E-state index in [4.69, 9.17) is 19.9 Å². The van der Waals surface area contributed by atoms with E-state index in [1.54, 1.807) is 0 Å². The minimum absolute atomic E-state index is 0.0179. The molecule has 182 valence electrons. The van der Waals surface area contributed by atoms with Crippen molar-refractivity contribution in [3.8, 4) is 11.5 Å². The first-order chi connectivity index (χ1) is 16.2. The second kappa shape index (κ2) is 12.8. The molecule has 0 saturated heterocycles. The third-order valence-corrected chi connectivity index (χ3v) is 4.54. The van der Waals surface area contributed by atoms with E-state index in [-0.39, 0.29) is 35.8 Å². The van der Waals surface area contributed by atoms with E-state index in [1.165, 1.54) is 48.5 Å². The summed E-state index contributed by atoms with van der Waals surface area (Å²) in [4.78, 5) is 24.1. The molecule has 2 rings (SSSR count). The average Bonchev–Trinajstić information content (AvgIpc) is 2.84. The molecule has 0 fully saturated rings. The molecule has 2 aromatic rings. The molecule has 12 nitrogen and oxygen atoms in total. The fraction of sp³-hybridized carbons (Fsp3) is 0.273. The SMILES string of the molecule is O=C(OC[C@@H](O)[C@@H](O)COC(=O)/C(Cc1ccc(O)cc1)=N/O)/C(Cc1ccc(O)cc1)=N/O. The molecular weight excluding hydrogens is 452 g/mol. The summed E-state index contributed by atoms with van der Waals surface area (Å²) in [6.07, 6.45) is -3.51. The van der Waals surface area contributed by atoms with Gasteiger partial charge in [-0.25, -0.2) is 9.59 Å². The van der Waals surface area contributed by atoms with Gasteiger partial charge < -0.3 is 40.3 Å². The summed E-state index contributed by atoms with van der Waals surface area (Å²) in [6, 6.07) is 11.6. The number of oxime groups is 2. The molecule has 0 amide bonds. The number of aliphatic hydroxyl groups is 2. The van der Waals surface area contributed by atoms with Crippen molar-refractivity contribution in [3.05, 3.63) is 59.7 Å². The summed E-state index contributed by atoms with van der Waals surface area (Å²) in [5.41, 5.74) is 0.334. The molecule has 0 bridgehead atoms. The second-order valence-electron chi connectivity index (χ2n) is 7.11. The fourth-order valence-corrected chi connectivity index (χ4v) is 2.62. The number of rotatable bonds is 11. The highest BCUT2D eigenvalue weighted by molar-refractivity contribution is 6.37. The molecule has 0 aliphatic rings. The number of phenols is 2. The lowest BCUT2D eigenvalue weighted by molar-refractivity contribution is -0.148. The van der Waals surface area contributed by atoms with Gasteiger partial charge in [0.2, 0.25) is 0 Å². The van der Waals surface area contributed by atoms with E-state index in [0.29, 0.717) is 11.1 Å². The van der Waals surface area contributed by atoms with E-state index in [1.807, 2.05) is 0 Å². The summed E-state index contributed by atoms with van der Waals surface area (Å²) < 4.78 is 9.65. The highest BCUT2D eigenvalue weighted by atomic mass is 16.6. The number of nitrogens with zero attached hydrogens (tertiary/aromatic N) is 2. The van der Waals surface area contributed by atoms with E-state index >= 15 is 0 Å². The molecule has 0 unspecified atom stereocenters. The molecule has 0 spiro atoms. The highest BCUT2D eigenvalue weighted by Crippen LogP contribution is 2.12. The van der Waals surface area contributed by atoms with Crippen LogP contribution in [0.1, 0.15) is 11.1 Å². The molecule has 0 aromatic heterocycles. The van der Waals surface area contributed by atoms with E-state index in [2.05, 4.69) is 10.3 Å². The summed E-state index contributed by atoms with van der Waals surface area (Å²) in [7, 11) is 0. The number of aromatic hydroxyl groups is 2. The molecule has 6 N–H and O–H groups in total. The third-order valence-electron chi connectivity index (χ3n) is 4.54. The lowest BCUT2D eigenvalue weighted by Crippen LogP contribution is -2.37. The molecule has 34 heavy (non-hydrogen) atoms. The van der Waals surface area contributed by atoms with Crippen LogP contribution >= 0.6 is 0 Å². The number of carbonyl (C=O) groups is 2. The zero-order valence-electron chi connectivity index (χ0n) is 17.8. The van der Waals surface area contributed by atoms with Gasteiger partial charge in [-0.2, -0.15) is 0 Å². The lowest BCUT2D eigenvalue weighted by Gasteiger charge is -2.18. The normalized spacial score (nSPS) is 13.7. The first kappa shape index (κ1) is 26.1. The second-order valence-corrected chi connectivity index (χ2v) is 7.11. The monoisotopic (exact) mass is 476 g/mol. The van der Waals surface area contributed by atoms with E-state index < -0.39 is 37.4 Å². The molecule has 2 atom stereocenters. The maximum absolute atomic E-state index is 12.1. The van der Waals surface area contributed by atoms with Crippen molar-refractivity contribution >= 4 is 23.4 Å².